The molecule has 0 aliphatic carbocycles. The number of carbonyl (C=O) groups excluding carboxylic acids is 1. The first-order chi connectivity index (χ1) is 11.4. The quantitative estimate of drug-likeness (QED) is 0.827. The Kier molecular flexibility index (Phi) is 6.10. The van der Waals surface area contributed by atoms with Gasteiger partial charge >= 0.3 is 0 Å². The van der Waals surface area contributed by atoms with Crippen molar-refractivity contribution in [1.29, 1.82) is 0 Å². The molecule has 0 aliphatic rings. The summed E-state index contributed by atoms with van der Waals surface area (Å²) in [6, 6.07) is 12.4. The molecule has 3 nitrogen and oxygen atoms in total. The lowest BCUT2D eigenvalue weighted by atomic mass is 9.96. The van der Waals surface area contributed by atoms with E-state index < -0.39 is 0 Å². The fraction of sp³-hybridized carbons (Fsp3) is 0.350. The fourth-order valence-electron chi connectivity index (χ4n) is 2.68. The third-order valence-electron chi connectivity index (χ3n) is 4.05. The van der Waals surface area contributed by atoms with Crippen molar-refractivity contribution < 1.29 is 9.18 Å². The number of hydrogen-bond donors (Lipinski definition) is 2. The Bertz CT molecular complexity index is 695. The zero-order valence-corrected chi connectivity index (χ0v) is 14.7. The lowest BCUT2D eigenvalue weighted by Crippen LogP contribution is -2.33. The van der Waals surface area contributed by atoms with Gasteiger partial charge in [-0.15, -0.1) is 0 Å². The number of nitrogens with one attached hydrogen (secondary N) is 2. The summed E-state index contributed by atoms with van der Waals surface area (Å²) in [7, 11) is 0. The zero-order chi connectivity index (χ0) is 17.7. The molecular formula is C20H25FN2O. The molecular weight excluding hydrogens is 303 g/mol. The standard InChI is InChI=1S/C20H25FN2O/c1-13(2)20(16-7-9-17(21)10-8-16)22-12-19(24)23-18-11-14(3)5-6-15(18)4/h5-11,13,20,22H,12H2,1-4H3,(H,23,24)/t20-/m0/s1. The Morgan fingerprint density at radius 1 is 1.08 bits per heavy atom. The van der Waals surface area contributed by atoms with Crippen LogP contribution in [0.25, 0.3) is 0 Å². The van der Waals surface area contributed by atoms with E-state index in [9.17, 15) is 9.18 Å². The Morgan fingerprint density at radius 3 is 2.38 bits per heavy atom. The van der Waals surface area contributed by atoms with Crippen molar-refractivity contribution >= 4 is 11.6 Å². The Hall–Kier alpha value is -2.20. The highest BCUT2D eigenvalue weighted by atomic mass is 19.1. The number of anilines is 1. The molecule has 0 unspecified atom stereocenters. The molecule has 0 saturated carbocycles. The number of benzene rings is 2. The second kappa shape index (κ2) is 8.06. The normalized spacial score (nSPS) is 12.2. The summed E-state index contributed by atoms with van der Waals surface area (Å²) >= 11 is 0. The fourth-order valence-corrected chi connectivity index (χ4v) is 2.68. The van der Waals surface area contributed by atoms with Gasteiger partial charge in [0.2, 0.25) is 5.91 Å². The first kappa shape index (κ1) is 18.1. The van der Waals surface area contributed by atoms with Gasteiger partial charge in [-0.3, -0.25) is 4.79 Å². The highest BCUT2D eigenvalue weighted by molar-refractivity contribution is 5.93. The van der Waals surface area contributed by atoms with Gasteiger partial charge in [-0.05, 0) is 54.7 Å². The van der Waals surface area contributed by atoms with Crippen LogP contribution in [0, 0.1) is 25.6 Å². The Morgan fingerprint density at radius 2 is 1.75 bits per heavy atom. The molecule has 2 aromatic rings. The van der Waals surface area contributed by atoms with Crippen molar-refractivity contribution in [2.45, 2.75) is 33.7 Å². The van der Waals surface area contributed by atoms with E-state index in [0.29, 0.717) is 0 Å². The summed E-state index contributed by atoms with van der Waals surface area (Å²) < 4.78 is 13.1. The summed E-state index contributed by atoms with van der Waals surface area (Å²) in [5, 5.41) is 6.22. The van der Waals surface area contributed by atoms with Gasteiger partial charge in [-0.2, -0.15) is 0 Å². The summed E-state index contributed by atoms with van der Waals surface area (Å²) in [6.45, 7) is 8.31. The van der Waals surface area contributed by atoms with E-state index in [1.807, 2.05) is 32.0 Å². The topological polar surface area (TPSA) is 41.1 Å². The smallest absolute Gasteiger partial charge is 0.238 e. The first-order valence-corrected chi connectivity index (χ1v) is 8.22. The van der Waals surface area contributed by atoms with Crippen LogP contribution in [0.4, 0.5) is 10.1 Å². The molecule has 1 atom stereocenters. The minimum Gasteiger partial charge on any atom is -0.325 e. The van der Waals surface area contributed by atoms with Crippen molar-refractivity contribution in [1.82, 2.24) is 5.32 Å². The molecule has 0 heterocycles. The average Bonchev–Trinajstić information content (AvgIpc) is 2.52. The molecule has 2 N–H and O–H groups in total. The molecule has 2 aromatic carbocycles. The Balaban J connectivity index is 2.00. The van der Waals surface area contributed by atoms with E-state index in [-0.39, 0.29) is 30.2 Å². The maximum Gasteiger partial charge on any atom is 0.238 e. The SMILES string of the molecule is Cc1ccc(C)c(NC(=O)CN[C@H](c2ccc(F)cc2)C(C)C)c1. The molecule has 2 rings (SSSR count). The van der Waals surface area contributed by atoms with Crippen LogP contribution in [0.1, 0.15) is 36.6 Å². The minimum atomic E-state index is -0.256. The van der Waals surface area contributed by atoms with Crippen LogP contribution in [0.15, 0.2) is 42.5 Å². The highest BCUT2D eigenvalue weighted by Gasteiger charge is 2.17. The van der Waals surface area contributed by atoms with Gasteiger partial charge in [-0.25, -0.2) is 4.39 Å². The summed E-state index contributed by atoms with van der Waals surface area (Å²) in [4.78, 5) is 12.3. The van der Waals surface area contributed by atoms with Gasteiger partial charge in [-0.1, -0.05) is 38.1 Å². The van der Waals surface area contributed by atoms with Crippen molar-refractivity contribution in [3.05, 3.63) is 65.0 Å². The van der Waals surface area contributed by atoms with Crippen LogP contribution in [-0.4, -0.2) is 12.5 Å². The van der Waals surface area contributed by atoms with Crippen LogP contribution in [-0.2, 0) is 4.79 Å². The third kappa shape index (κ3) is 4.90. The summed E-state index contributed by atoms with van der Waals surface area (Å²) in [6.07, 6.45) is 0. The zero-order valence-electron chi connectivity index (χ0n) is 14.7. The van der Waals surface area contributed by atoms with Crippen molar-refractivity contribution in [2.75, 3.05) is 11.9 Å². The van der Waals surface area contributed by atoms with Crippen LogP contribution >= 0.6 is 0 Å². The molecule has 0 radical (unpaired) electrons. The number of halogens is 1. The maximum absolute atomic E-state index is 13.1. The van der Waals surface area contributed by atoms with E-state index in [1.54, 1.807) is 12.1 Å². The van der Waals surface area contributed by atoms with Crippen LogP contribution in [0.5, 0.6) is 0 Å². The van der Waals surface area contributed by atoms with Gasteiger partial charge in [0.25, 0.3) is 0 Å². The summed E-state index contributed by atoms with van der Waals surface area (Å²) in [5.41, 5.74) is 3.96. The first-order valence-electron chi connectivity index (χ1n) is 8.22. The lowest BCUT2D eigenvalue weighted by molar-refractivity contribution is -0.115. The highest BCUT2D eigenvalue weighted by Crippen LogP contribution is 2.22. The molecule has 0 aromatic heterocycles. The van der Waals surface area contributed by atoms with E-state index in [0.717, 1.165) is 22.4 Å². The lowest BCUT2D eigenvalue weighted by Gasteiger charge is -2.23. The summed E-state index contributed by atoms with van der Waals surface area (Å²) in [5.74, 6) is -0.0608. The van der Waals surface area contributed by atoms with E-state index >= 15 is 0 Å². The number of hydrogen-bond acceptors (Lipinski definition) is 2. The van der Waals surface area contributed by atoms with Gasteiger partial charge in [0, 0.05) is 11.7 Å². The third-order valence-corrected chi connectivity index (χ3v) is 4.05. The van der Waals surface area contributed by atoms with E-state index in [1.165, 1.54) is 12.1 Å². The van der Waals surface area contributed by atoms with Crippen LogP contribution < -0.4 is 10.6 Å². The molecule has 24 heavy (non-hydrogen) atoms. The second-order valence-corrected chi connectivity index (χ2v) is 6.52. The predicted molar refractivity (Wildman–Crippen MR) is 96.5 cm³/mol. The largest absolute Gasteiger partial charge is 0.325 e. The second-order valence-electron chi connectivity index (χ2n) is 6.52. The number of amides is 1. The van der Waals surface area contributed by atoms with Crippen LogP contribution in [0.2, 0.25) is 0 Å². The molecule has 0 fully saturated rings. The maximum atomic E-state index is 13.1. The van der Waals surface area contributed by atoms with Crippen molar-refractivity contribution in [2.24, 2.45) is 5.92 Å². The predicted octanol–water partition coefficient (Wildman–Crippen LogP) is 4.37. The average molecular weight is 328 g/mol. The van der Waals surface area contributed by atoms with Crippen LogP contribution in [0.3, 0.4) is 0 Å². The molecule has 0 saturated heterocycles. The van der Waals surface area contributed by atoms with E-state index in [4.69, 9.17) is 0 Å². The minimum absolute atomic E-state index is 0.00467. The number of rotatable bonds is 6. The van der Waals surface area contributed by atoms with E-state index in [2.05, 4.69) is 24.5 Å². The van der Waals surface area contributed by atoms with Crippen molar-refractivity contribution in [3.63, 3.8) is 0 Å². The number of aryl methyl sites for hydroxylation is 2. The molecule has 0 spiro atoms. The van der Waals surface area contributed by atoms with Gasteiger partial charge < -0.3 is 10.6 Å². The molecule has 0 bridgehead atoms. The molecule has 1 amide bonds. The van der Waals surface area contributed by atoms with Gasteiger partial charge in [0.05, 0.1) is 6.54 Å². The Labute approximate surface area is 143 Å². The molecule has 128 valence electrons. The molecule has 4 heteroatoms. The van der Waals surface area contributed by atoms with Gasteiger partial charge in [0.1, 0.15) is 5.82 Å². The monoisotopic (exact) mass is 328 g/mol. The van der Waals surface area contributed by atoms with Gasteiger partial charge in [0.15, 0.2) is 0 Å². The van der Waals surface area contributed by atoms with Crippen molar-refractivity contribution in [3.8, 4) is 0 Å². The molecule has 0 aliphatic heterocycles. The number of carbonyl (C=O) groups is 1.